The molecular weight excluding hydrogens is 701 g/mol. The zero-order chi connectivity index (χ0) is 39.0. The summed E-state index contributed by atoms with van der Waals surface area (Å²) < 4.78 is 0. The van der Waals surface area contributed by atoms with Gasteiger partial charge in [-0.15, -0.1) is 0 Å². The molecule has 0 amide bonds. The molecule has 10 aromatic carbocycles. The SMILES string of the molecule is Nc1c(-c2ccccc2)c(-c2ccccc2)c(-c2cccc(-c3ccccc3)c2-c2c(-c3ccccc3)c(-c3ccccc3)c(N)c3ccccc23)c2ccccc12. The summed E-state index contributed by atoms with van der Waals surface area (Å²) in [5, 5.41) is 4.21. The maximum absolute atomic E-state index is 7.40. The maximum atomic E-state index is 7.40. The molecule has 2 heteroatoms. The maximum Gasteiger partial charge on any atom is 0.0480 e. The third kappa shape index (κ3) is 5.82. The molecule has 0 heterocycles. The van der Waals surface area contributed by atoms with Crippen molar-refractivity contribution < 1.29 is 0 Å². The molecule has 0 spiro atoms. The summed E-state index contributed by atoms with van der Waals surface area (Å²) in [4.78, 5) is 0. The molecular formula is C56H40N2. The molecule has 4 N–H and O–H groups in total. The van der Waals surface area contributed by atoms with E-state index in [1.54, 1.807) is 0 Å². The van der Waals surface area contributed by atoms with Gasteiger partial charge in [0, 0.05) is 44.4 Å². The van der Waals surface area contributed by atoms with Crippen LogP contribution >= 0.6 is 0 Å². The van der Waals surface area contributed by atoms with E-state index in [1.165, 1.54) is 0 Å². The summed E-state index contributed by atoms with van der Waals surface area (Å²) in [5.41, 5.74) is 31.6. The molecule has 0 aliphatic rings. The number of benzene rings is 10. The lowest BCUT2D eigenvalue weighted by atomic mass is 9.76. The van der Waals surface area contributed by atoms with Crippen molar-refractivity contribution in [2.75, 3.05) is 11.5 Å². The van der Waals surface area contributed by atoms with Crippen molar-refractivity contribution in [2.24, 2.45) is 0 Å². The van der Waals surface area contributed by atoms with Gasteiger partial charge in [-0.3, -0.25) is 0 Å². The number of nitrogen functional groups attached to an aromatic ring is 2. The summed E-state index contributed by atoms with van der Waals surface area (Å²) in [5.74, 6) is 0. The Balaban J connectivity index is 1.48. The van der Waals surface area contributed by atoms with Crippen molar-refractivity contribution in [1.29, 1.82) is 0 Å². The second-order valence-electron chi connectivity index (χ2n) is 14.7. The molecule has 10 rings (SSSR count). The molecule has 0 radical (unpaired) electrons. The first-order chi connectivity index (χ1) is 28.7. The summed E-state index contributed by atoms with van der Waals surface area (Å²) in [6.45, 7) is 0. The average molecular weight is 741 g/mol. The van der Waals surface area contributed by atoms with E-state index in [2.05, 4.69) is 218 Å². The lowest BCUT2D eigenvalue weighted by Crippen LogP contribution is -2.03. The number of anilines is 2. The highest BCUT2D eigenvalue weighted by molar-refractivity contribution is 6.23. The van der Waals surface area contributed by atoms with Crippen LogP contribution in [-0.2, 0) is 0 Å². The van der Waals surface area contributed by atoms with E-state index in [-0.39, 0.29) is 0 Å². The van der Waals surface area contributed by atoms with Gasteiger partial charge in [-0.05, 0) is 66.4 Å². The topological polar surface area (TPSA) is 52.0 Å². The third-order valence-electron chi connectivity index (χ3n) is 11.4. The Hall–Kier alpha value is -7.68. The Morgan fingerprint density at radius 1 is 0.190 bits per heavy atom. The average Bonchev–Trinajstić information content (AvgIpc) is 3.30. The van der Waals surface area contributed by atoms with Gasteiger partial charge in [-0.2, -0.15) is 0 Å². The Morgan fingerprint density at radius 3 is 0.931 bits per heavy atom. The molecule has 0 bridgehead atoms. The standard InChI is InChI=1S/C56H40N2/c57-55-45-33-18-16-31-43(45)53(48(38-23-8-2-9-24-38)50(55)40-27-12-4-13-28-40)47-36-20-35-42(37-21-6-1-7-22-37)52(47)54-44-32-17-19-34-46(44)56(58)51(41-29-14-5-15-30-41)49(54)39-25-10-3-11-26-39/h1-36H,57-58H2. The fourth-order valence-corrected chi connectivity index (χ4v) is 8.95. The molecule has 274 valence electrons. The van der Waals surface area contributed by atoms with E-state index in [0.29, 0.717) is 0 Å². The minimum atomic E-state index is 0.761. The number of hydrogen-bond acceptors (Lipinski definition) is 2. The Kier molecular flexibility index (Phi) is 8.85. The monoisotopic (exact) mass is 740 g/mol. The summed E-state index contributed by atoms with van der Waals surface area (Å²) >= 11 is 0. The molecule has 0 unspecified atom stereocenters. The van der Waals surface area contributed by atoms with E-state index < -0.39 is 0 Å². The number of nitrogens with two attached hydrogens (primary N) is 2. The van der Waals surface area contributed by atoms with Crippen LogP contribution in [0.2, 0.25) is 0 Å². The van der Waals surface area contributed by atoms with Crippen molar-refractivity contribution in [2.45, 2.75) is 0 Å². The minimum absolute atomic E-state index is 0.761. The lowest BCUT2D eigenvalue weighted by molar-refractivity contribution is 1.55. The van der Waals surface area contributed by atoms with Crippen molar-refractivity contribution in [3.05, 3.63) is 218 Å². The molecule has 0 aliphatic carbocycles. The first kappa shape index (κ1) is 34.8. The van der Waals surface area contributed by atoms with Gasteiger partial charge in [-0.1, -0.05) is 218 Å². The first-order valence-corrected chi connectivity index (χ1v) is 19.8. The van der Waals surface area contributed by atoms with Crippen LogP contribution in [0.5, 0.6) is 0 Å². The predicted molar refractivity (Wildman–Crippen MR) is 248 cm³/mol. The van der Waals surface area contributed by atoms with Gasteiger partial charge in [-0.25, -0.2) is 0 Å². The molecule has 0 fully saturated rings. The van der Waals surface area contributed by atoms with Crippen LogP contribution in [0.4, 0.5) is 11.4 Å². The van der Waals surface area contributed by atoms with Crippen LogP contribution in [0.3, 0.4) is 0 Å². The van der Waals surface area contributed by atoms with Crippen molar-refractivity contribution >= 4 is 32.9 Å². The minimum Gasteiger partial charge on any atom is -0.398 e. The normalized spacial score (nSPS) is 11.2. The second-order valence-corrected chi connectivity index (χ2v) is 14.7. The smallest absolute Gasteiger partial charge is 0.0480 e. The zero-order valence-electron chi connectivity index (χ0n) is 31.9. The number of fused-ring (bicyclic) bond motifs is 2. The lowest BCUT2D eigenvalue weighted by Gasteiger charge is -2.27. The number of hydrogen-bond donors (Lipinski definition) is 2. The van der Waals surface area contributed by atoms with E-state index in [4.69, 9.17) is 11.5 Å². The van der Waals surface area contributed by atoms with E-state index in [9.17, 15) is 0 Å². The van der Waals surface area contributed by atoms with Crippen LogP contribution in [0, 0.1) is 0 Å². The Morgan fingerprint density at radius 2 is 0.500 bits per heavy atom. The van der Waals surface area contributed by atoms with Crippen LogP contribution in [0.1, 0.15) is 0 Å². The van der Waals surface area contributed by atoms with Gasteiger partial charge in [0.25, 0.3) is 0 Å². The number of rotatable bonds is 7. The van der Waals surface area contributed by atoms with E-state index in [1.807, 2.05) is 0 Å². The second kappa shape index (κ2) is 14.8. The van der Waals surface area contributed by atoms with Crippen LogP contribution in [0.25, 0.3) is 99.4 Å². The quantitative estimate of drug-likeness (QED) is 0.160. The molecule has 10 aromatic rings. The fourth-order valence-electron chi connectivity index (χ4n) is 8.95. The molecule has 0 saturated carbocycles. The van der Waals surface area contributed by atoms with Crippen LogP contribution in [0.15, 0.2) is 218 Å². The van der Waals surface area contributed by atoms with Crippen LogP contribution in [-0.4, -0.2) is 0 Å². The van der Waals surface area contributed by atoms with E-state index in [0.717, 1.165) is 111 Å². The predicted octanol–water partition coefficient (Wildman–Crippen LogP) is 14.8. The molecule has 58 heavy (non-hydrogen) atoms. The van der Waals surface area contributed by atoms with Crippen molar-refractivity contribution in [3.8, 4) is 77.9 Å². The largest absolute Gasteiger partial charge is 0.398 e. The van der Waals surface area contributed by atoms with Gasteiger partial charge < -0.3 is 11.5 Å². The van der Waals surface area contributed by atoms with E-state index >= 15 is 0 Å². The first-order valence-electron chi connectivity index (χ1n) is 19.8. The highest BCUT2D eigenvalue weighted by Crippen LogP contribution is 2.56. The van der Waals surface area contributed by atoms with Crippen molar-refractivity contribution in [1.82, 2.24) is 0 Å². The van der Waals surface area contributed by atoms with Gasteiger partial charge in [0.1, 0.15) is 0 Å². The zero-order valence-corrected chi connectivity index (χ0v) is 31.9. The third-order valence-corrected chi connectivity index (χ3v) is 11.4. The summed E-state index contributed by atoms with van der Waals surface area (Å²) in [6, 6.07) is 77.5. The van der Waals surface area contributed by atoms with Gasteiger partial charge in [0.15, 0.2) is 0 Å². The molecule has 0 aromatic heterocycles. The summed E-state index contributed by atoms with van der Waals surface area (Å²) in [6.07, 6.45) is 0. The van der Waals surface area contributed by atoms with Gasteiger partial charge in [0.05, 0.1) is 0 Å². The van der Waals surface area contributed by atoms with Gasteiger partial charge in [0.2, 0.25) is 0 Å². The van der Waals surface area contributed by atoms with Crippen LogP contribution < -0.4 is 11.5 Å². The highest BCUT2D eigenvalue weighted by atomic mass is 14.6. The summed E-state index contributed by atoms with van der Waals surface area (Å²) in [7, 11) is 0. The molecule has 0 saturated heterocycles. The molecule has 2 nitrogen and oxygen atoms in total. The molecule has 0 atom stereocenters. The van der Waals surface area contributed by atoms with Crippen molar-refractivity contribution in [3.63, 3.8) is 0 Å². The Bertz CT molecular complexity index is 3080. The molecule has 0 aliphatic heterocycles. The van der Waals surface area contributed by atoms with Gasteiger partial charge >= 0.3 is 0 Å². The highest BCUT2D eigenvalue weighted by Gasteiger charge is 2.29. The Labute approximate surface area is 339 Å². The fraction of sp³-hybridized carbons (Fsp3) is 0.